The van der Waals surface area contributed by atoms with E-state index in [0.717, 1.165) is 11.4 Å². The van der Waals surface area contributed by atoms with E-state index in [9.17, 15) is 18.0 Å². The molecule has 0 N–H and O–H groups in total. The summed E-state index contributed by atoms with van der Waals surface area (Å²) in [6, 6.07) is 6.36. The Morgan fingerprint density at radius 1 is 1.24 bits per heavy atom. The molecule has 7 nitrogen and oxygen atoms in total. The zero-order valence-corrected chi connectivity index (χ0v) is 18.8. The number of halogens is 1. The van der Waals surface area contributed by atoms with Gasteiger partial charge in [0.15, 0.2) is 16.4 Å². The first-order valence-corrected chi connectivity index (χ1v) is 11.7. The average molecular weight is 484 g/mol. The van der Waals surface area contributed by atoms with Crippen LogP contribution >= 0.6 is 15.9 Å². The van der Waals surface area contributed by atoms with Crippen molar-refractivity contribution in [3.8, 4) is 5.75 Å². The molecule has 1 aromatic heterocycles. The maximum Gasteiger partial charge on any atom is 0.337 e. The molecule has 29 heavy (non-hydrogen) atoms. The number of ketones is 1. The third-order valence-corrected chi connectivity index (χ3v) is 7.44. The van der Waals surface area contributed by atoms with E-state index in [2.05, 4.69) is 20.7 Å². The average Bonchev–Trinajstić information content (AvgIpc) is 3.17. The zero-order chi connectivity index (χ0) is 21.3. The molecule has 1 saturated heterocycles. The quantitative estimate of drug-likeness (QED) is 0.462. The maximum atomic E-state index is 12.7. The monoisotopic (exact) mass is 483 g/mol. The molecule has 1 aromatic carbocycles. The highest BCUT2D eigenvalue weighted by atomic mass is 79.9. The van der Waals surface area contributed by atoms with Crippen LogP contribution < -0.4 is 4.74 Å². The molecule has 0 amide bonds. The molecule has 156 valence electrons. The Labute approximate surface area is 178 Å². The summed E-state index contributed by atoms with van der Waals surface area (Å²) in [5, 5.41) is 0. The van der Waals surface area contributed by atoms with Gasteiger partial charge < -0.3 is 14.0 Å². The van der Waals surface area contributed by atoms with Crippen molar-refractivity contribution in [3.05, 3.63) is 51.3 Å². The van der Waals surface area contributed by atoms with Crippen LogP contribution in [-0.2, 0) is 14.6 Å². The first-order valence-electron chi connectivity index (χ1n) is 9.05. The highest BCUT2D eigenvalue weighted by Gasteiger charge is 2.31. The number of Topliss-reactive ketones (excluding diaryl/α,β-unsaturated/α-hetero) is 1. The molecule has 9 heteroatoms. The third-order valence-electron chi connectivity index (χ3n) is 5.07. The van der Waals surface area contributed by atoms with E-state index >= 15 is 0 Å². The van der Waals surface area contributed by atoms with Crippen LogP contribution in [0.2, 0.25) is 0 Å². The molecule has 0 spiro atoms. The smallest absolute Gasteiger partial charge is 0.337 e. The van der Waals surface area contributed by atoms with Gasteiger partial charge >= 0.3 is 5.97 Å². The molecular weight excluding hydrogens is 462 g/mol. The highest BCUT2D eigenvalue weighted by Crippen LogP contribution is 2.30. The van der Waals surface area contributed by atoms with Gasteiger partial charge in [0.25, 0.3) is 0 Å². The topological polar surface area (TPSA) is 91.7 Å². The Balaban J connectivity index is 1.74. The van der Waals surface area contributed by atoms with E-state index in [0.29, 0.717) is 27.8 Å². The standard InChI is InChI=1S/C20H22BrNO6S/c1-12-8-16(13(2)22(12)15-6-7-29(25,26)11-15)18(23)10-28-19-5-4-14(9-17(19)21)20(24)27-3/h4-5,8-9,15H,6-7,10-11H2,1-3H3. The van der Waals surface area contributed by atoms with Crippen LogP contribution in [-0.4, -0.2) is 50.0 Å². The minimum atomic E-state index is -3.02. The van der Waals surface area contributed by atoms with Crippen molar-refractivity contribution < 1.29 is 27.5 Å². The number of ether oxygens (including phenoxy) is 2. The van der Waals surface area contributed by atoms with Crippen LogP contribution in [0, 0.1) is 13.8 Å². The number of carbonyl (C=O) groups is 2. The van der Waals surface area contributed by atoms with Gasteiger partial charge in [0.05, 0.1) is 28.7 Å². The van der Waals surface area contributed by atoms with Gasteiger partial charge in [-0.1, -0.05) is 0 Å². The predicted molar refractivity (Wildman–Crippen MR) is 112 cm³/mol. The second kappa shape index (κ2) is 8.31. The van der Waals surface area contributed by atoms with Crippen LogP contribution in [0.1, 0.15) is 44.6 Å². The molecule has 0 saturated carbocycles. The summed E-state index contributed by atoms with van der Waals surface area (Å²) in [7, 11) is -1.72. The molecule has 0 bridgehead atoms. The van der Waals surface area contributed by atoms with Crippen LogP contribution in [0.5, 0.6) is 5.75 Å². The second-order valence-corrected chi connectivity index (χ2v) is 10.1. The largest absolute Gasteiger partial charge is 0.484 e. The Bertz CT molecular complexity index is 1070. The van der Waals surface area contributed by atoms with Gasteiger partial charge in [0.1, 0.15) is 5.75 Å². The highest BCUT2D eigenvalue weighted by molar-refractivity contribution is 9.10. The molecule has 2 heterocycles. The van der Waals surface area contributed by atoms with Crippen molar-refractivity contribution in [1.82, 2.24) is 4.57 Å². The summed E-state index contributed by atoms with van der Waals surface area (Å²) in [5.74, 6) is 0.0505. The number of sulfone groups is 1. The fourth-order valence-corrected chi connectivity index (χ4v) is 5.88. The number of methoxy groups -OCH3 is 1. The lowest BCUT2D eigenvalue weighted by Crippen LogP contribution is -2.16. The Kier molecular flexibility index (Phi) is 6.19. The maximum absolute atomic E-state index is 12.7. The van der Waals surface area contributed by atoms with Gasteiger partial charge in [-0.25, -0.2) is 13.2 Å². The van der Waals surface area contributed by atoms with E-state index in [1.54, 1.807) is 24.3 Å². The van der Waals surface area contributed by atoms with Gasteiger partial charge in [0.2, 0.25) is 5.78 Å². The van der Waals surface area contributed by atoms with E-state index in [1.165, 1.54) is 7.11 Å². The Hall–Kier alpha value is -2.13. The number of rotatable bonds is 6. The molecule has 1 atom stereocenters. The van der Waals surface area contributed by atoms with Crippen molar-refractivity contribution in [1.29, 1.82) is 0 Å². The number of aryl methyl sites for hydroxylation is 1. The van der Waals surface area contributed by atoms with Crippen molar-refractivity contribution in [2.75, 3.05) is 25.2 Å². The Morgan fingerprint density at radius 2 is 1.97 bits per heavy atom. The summed E-state index contributed by atoms with van der Waals surface area (Å²) in [6.45, 7) is 3.52. The first kappa shape index (κ1) is 21.6. The van der Waals surface area contributed by atoms with E-state index in [1.807, 2.05) is 18.4 Å². The molecule has 0 aliphatic carbocycles. The lowest BCUT2D eigenvalue weighted by atomic mass is 10.1. The molecule has 0 radical (unpaired) electrons. The molecule has 1 aliphatic rings. The number of hydrogen-bond donors (Lipinski definition) is 0. The third kappa shape index (κ3) is 4.56. The van der Waals surface area contributed by atoms with E-state index in [4.69, 9.17) is 4.74 Å². The lowest BCUT2D eigenvalue weighted by molar-refractivity contribution is 0.0600. The van der Waals surface area contributed by atoms with Gasteiger partial charge in [-0.15, -0.1) is 0 Å². The number of aromatic nitrogens is 1. The number of benzene rings is 1. The first-order chi connectivity index (χ1) is 13.6. The van der Waals surface area contributed by atoms with Crippen LogP contribution in [0.3, 0.4) is 0 Å². The normalized spacial score (nSPS) is 17.9. The predicted octanol–water partition coefficient (Wildman–Crippen LogP) is 3.28. The van der Waals surface area contributed by atoms with Crippen molar-refractivity contribution in [2.45, 2.75) is 26.3 Å². The number of carbonyl (C=O) groups excluding carboxylic acids is 2. The Morgan fingerprint density at radius 3 is 2.55 bits per heavy atom. The molecule has 1 unspecified atom stereocenters. The van der Waals surface area contributed by atoms with Gasteiger partial charge in [-0.3, -0.25) is 4.79 Å². The van der Waals surface area contributed by atoms with E-state index in [-0.39, 0.29) is 29.9 Å². The van der Waals surface area contributed by atoms with E-state index < -0.39 is 15.8 Å². The summed E-state index contributed by atoms with van der Waals surface area (Å²) in [5.41, 5.74) is 2.50. The number of nitrogens with zero attached hydrogens (tertiary/aromatic N) is 1. The van der Waals surface area contributed by atoms with Gasteiger partial charge in [-0.2, -0.15) is 0 Å². The second-order valence-electron chi connectivity index (χ2n) is 7.06. The summed E-state index contributed by atoms with van der Waals surface area (Å²) >= 11 is 3.33. The summed E-state index contributed by atoms with van der Waals surface area (Å²) in [4.78, 5) is 24.3. The molecule has 2 aromatic rings. The van der Waals surface area contributed by atoms with Crippen molar-refractivity contribution in [2.24, 2.45) is 0 Å². The van der Waals surface area contributed by atoms with Gasteiger partial charge in [-0.05, 0) is 60.5 Å². The van der Waals surface area contributed by atoms with Crippen LogP contribution in [0.25, 0.3) is 0 Å². The number of esters is 1. The minimum Gasteiger partial charge on any atom is -0.484 e. The summed E-state index contributed by atoms with van der Waals surface area (Å²) in [6.07, 6.45) is 0.558. The fourth-order valence-electron chi connectivity index (χ4n) is 3.68. The molecular formula is C20H22BrNO6S. The van der Waals surface area contributed by atoms with Gasteiger partial charge in [0, 0.05) is 23.0 Å². The summed E-state index contributed by atoms with van der Waals surface area (Å²) < 4.78 is 36.4. The minimum absolute atomic E-state index is 0.104. The van der Waals surface area contributed by atoms with Crippen molar-refractivity contribution >= 4 is 37.5 Å². The molecule has 1 aliphatic heterocycles. The zero-order valence-electron chi connectivity index (χ0n) is 16.4. The van der Waals surface area contributed by atoms with Crippen LogP contribution in [0.15, 0.2) is 28.7 Å². The SMILES string of the molecule is COC(=O)c1ccc(OCC(=O)c2cc(C)n(C3CCS(=O)(=O)C3)c2C)c(Br)c1. The lowest BCUT2D eigenvalue weighted by Gasteiger charge is -2.16. The number of hydrogen-bond acceptors (Lipinski definition) is 6. The van der Waals surface area contributed by atoms with Crippen LogP contribution in [0.4, 0.5) is 0 Å². The molecule has 1 fully saturated rings. The fraction of sp³-hybridized carbons (Fsp3) is 0.400. The molecule has 3 rings (SSSR count). The van der Waals surface area contributed by atoms with Crippen molar-refractivity contribution in [3.63, 3.8) is 0 Å².